The summed E-state index contributed by atoms with van der Waals surface area (Å²) in [6.07, 6.45) is 0.833. The van der Waals surface area contributed by atoms with E-state index in [0.717, 1.165) is 12.8 Å². The fourth-order valence-corrected chi connectivity index (χ4v) is 4.04. The van der Waals surface area contributed by atoms with Crippen LogP contribution in [-0.2, 0) is 4.79 Å². The summed E-state index contributed by atoms with van der Waals surface area (Å²) in [5, 5.41) is 3.96. The molecule has 4 rings (SSSR count). The number of piperidine rings is 1. The second-order valence-electron chi connectivity index (χ2n) is 7.42. The summed E-state index contributed by atoms with van der Waals surface area (Å²) in [6, 6.07) is 10.0. The first-order chi connectivity index (χ1) is 14.9. The number of likely N-dealkylation sites (tertiary alicyclic amines) is 1. The molecule has 162 valence electrons. The number of hydrogen-bond acceptors (Lipinski definition) is 5. The normalized spacial score (nSPS) is 17.4. The molecule has 0 aliphatic carbocycles. The second-order valence-corrected chi connectivity index (χ2v) is 8.28. The highest BCUT2D eigenvalue weighted by molar-refractivity contribution is 9.10. The smallest absolute Gasteiger partial charge is 0.263 e. The van der Waals surface area contributed by atoms with E-state index < -0.39 is 11.9 Å². The average molecular weight is 492 g/mol. The Labute approximate surface area is 186 Å². The Morgan fingerprint density at radius 1 is 1.26 bits per heavy atom. The van der Waals surface area contributed by atoms with Gasteiger partial charge in [-0.3, -0.25) is 4.79 Å². The van der Waals surface area contributed by atoms with Gasteiger partial charge in [-0.05, 0) is 66.0 Å². The molecule has 2 unspecified atom stereocenters. The maximum absolute atomic E-state index is 13.5. The minimum absolute atomic E-state index is 0.114. The minimum Gasteiger partial charge on any atom is -0.480 e. The van der Waals surface area contributed by atoms with Crippen molar-refractivity contribution in [2.75, 3.05) is 13.1 Å². The third-order valence-electron chi connectivity index (χ3n) is 5.15. The molecular formula is C22H20BrF2N3O3. The highest BCUT2D eigenvalue weighted by Crippen LogP contribution is 2.30. The van der Waals surface area contributed by atoms with Crippen LogP contribution in [0.4, 0.5) is 8.78 Å². The fourth-order valence-electron chi connectivity index (χ4n) is 3.59. The Bertz CT molecular complexity index is 1090. The van der Waals surface area contributed by atoms with E-state index in [9.17, 15) is 13.6 Å². The van der Waals surface area contributed by atoms with E-state index in [0.29, 0.717) is 40.6 Å². The molecule has 1 aliphatic heterocycles. The van der Waals surface area contributed by atoms with Crippen LogP contribution in [0, 0.1) is 11.6 Å². The van der Waals surface area contributed by atoms with Crippen molar-refractivity contribution in [3.05, 3.63) is 64.5 Å². The van der Waals surface area contributed by atoms with Crippen LogP contribution in [-0.4, -0.2) is 40.1 Å². The minimum atomic E-state index is -0.744. The Morgan fingerprint density at radius 2 is 2.06 bits per heavy atom. The Balaban J connectivity index is 1.43. The Kier molecular flexibility index (Phi) is 6.31. The van der Waals surface area contributed by atoms with Crippen molar-refractivity contribution in [2.24, 2.45) is 0 Å². The van der Waals surface area contributed by atoms with Gasteiger partial charge < -0.3 is 14.2 Å². The zero-order valence-electron chi connectivity index (χ0n) is 16.7. The predicted octanol–water partition coefficient (Wildman–Crippen LogP) is 4.95. The molecule has 0 saturated carbocycles. The number of amides is 1. The summed E-state index contributed by atoms with van der Waals surface area (Å²) < 4.78 is 38.3. The number of halogens is 3. The number of aromatic nitrogens is 2. The molecule has 2 aromatic carbocycles. The number of benzene rings is 2. The first-order valence-corrected chi connectivity index (χ1v) is 10.7. The van der Waals surface area contributed by atoms with E-state index in [1.807, 2.05) is 0 Å². The highest BCUT2D eigenvalue weighted by atomic mass is 79.9. The van der Waals surface area contributed by atoms with Crippen molar-refractivity contribution in [1.29, 1.82) is 0 Å². The lowest BCUT2D eigenvalue weighted by Gasteiger charge is -2.32. The van der Waals surface area contributed by atoms with E-state index in [1.54, 1.807) is 24.0 Å². The molecule has 0 radical (unpaired) electrons. The summed E-state index contributed by atoms with van der Waals surface area (Å²) in [4.78, 5) is 19.1. The topological polar surface area (TPSA) is 68.5 Å². The molecular weight excluding hydrogens is 472 g/mol. The molecule has 1 saturated heterocycles. The molecule has 1 aromatic heterocycles. The maximum atomic E-state index is 13.5. The zero-order chi connectivity index (χ0) is 22.0. The third kappa shape index (κ3) is 4.92. The average Bonchev–Trinajstić information content (AvgIpc) is 3.26. The monoisotopic (exact) mass is 491 g/mol. The van der Waals surface area contributed by atoms with Crippen molar-refractivity contribution >= 4 is 21.8 Å². The molecule has 0 N–H and O–H groups in total. The van der Waals surface area contributed by atoms with Gasteiger partial charge in [0.1, 0.15) is 17.4 Å². The van der Waals surface area contributed by atoms with Gasteiger partial charge >= 0.3 is 0 Å². The Hall–Kier alpha value is -2.81. The largest absolute Gasteiger partial charge is 0.480 e. The highest BCUT2D eigenvalue weighted by Gasteiger charge is 2.31. The van der Waals surface area contributed by atoms with E-state index in [1.165, 1.54) is 30.3 Å². The van der Waals surface area contributed by atoms with Gasteiger partial charge in [-0.15, -0.1) is 0 Å². The second kappa shape index (κ2) is 9.13. The number of ether oxygens (including phenoxy) is 1. The first-order valence-electron chi connectivity index (χ1n) is 9.91. The molecule has 0 spiro atoms. The van der Waals surface area contributed by atoms with Gasteiger partial charge in [-0.2, -0.15) is 4.98 Å². The van der Waals surface area contributed by atoms with Gasteiger partial charge in [0.25, 0.3) is 5.91 Å². The number of carbonyl (C=O) groups excluding carboxylic acids is 1. The van der Waals surface area contributed by atoms with E-state index in [4.69, 9.17) is 9.26 Å². The van der Waals surface area contributed by atoms with Crippen molar-refractivity contribution < 1.29 is 22.8 Å². The van der Waals surface area contributed by atoms with Crippen molar-refractivity contribution in [1.82, 2.24) is 15.0 Å². The van der Waals surface area contributed by atoms with Crippen LogP contribution in [0.2, 0.25) is 0 Å². The third-order valence-corrected chi connectivity index (χ3v) is 5.77. The zero-order valence-corrected chi connectivity index (χ0v) is 18.3. The van der Waals surface area contributed by atoms with E-state index >= 15 is 0 Å². The van der Waals surface area contributed by atoms with Gasteiger partial charge in [0, 0.05) is 18.7 Å². The van der Waals surface area contributed by atoms with E-state index in [2.05, 4.69) is 26.1 Å². The predicted molar refractivity (Wildman–Crippen MR) is 112 cm³/mol. The summed E-state index contributed by atoms with van der Waals surface area (Å²) >= 11 is 3.25. The standard InChI is InChI=1S/C22H20BrF2N3O3/c1-13(30-19-8-7-17(25)11-18(19)23)22(29)28-9-3-5-15(12-28)21-26-20(27-31-21)14-4-2-6-16(24)10-14/h2,4,6-8,10-11,13,15H,3,5,9,12H2,1H3. The molecule has 1 fully saturated rings. The molecule has 0 bridgehead atoms. The molecule has 31 heavy (non-hydrogen) atoms. The van der Waals surface area contributed by atoms with Crippen LogP contribution < -0.4 is 4.74 Å². The molecule has 6 nitrogen and oxygen atoms in total. The number of rotatable bonds is 5. The summed E-state index contributed by atoms with van der Waals surface area (Å²) in [5.74, 6) is 0.0761. The van der Waals surface area contributed by atoms with Crippen LogP contribution in [0.1, 0.15) is 31.6 Å². The van der Waals surface area contributed by atoms with Crippen molar-refractivity contribution in [2.45, 2.75) is 31.8 Å². The van der Waals surface area contributed by atoms with Crippen LogP contribution in [0.3, 0.4) is 0 Å². The van der Waals surface area contributed by atoms with E-state index in [-0.39, 0.29) is 17.6 Å². The van der Waals surface area contributed by atoms with Gasteiger partial charge in [-0.1, -0.05) is 17.3 Å². The van der Waals surface area contributed by atoms with Crippen LogP contribution >= 0.6 is 15.9 Å². The van der Waals surface area contributed by atoms with Crippen LogP contribution in [0.5, 0.6) is 5.75 Å². The number of carbonyl (C=O) groups is 1. The summed E-state index contributed by atoms with van der Waals surface area (Å²) in [7, 11) is 0. The molecule has 2 atom stereocenters. The van der Waals surface area contributed by atoms with Gasteiger partial charge in [-0.25, -0.2) is 8.78 Å². The van der Waals surface area contributed by atoms with Crippen molar-refractivity contribution in [3.63, 3.8) is 0 Å². The number of hydrogen-bond donors (Lipinski definition) is 0. The summed E-state index contributed by atoms with van der Waals surface area (Å²) in [6.45, 7) is 2.68. The molecule has 3 aromatic rings. The molecule has 1 amide bonds. The maximum Gasteiger partial charge on any atom is 0.263 e. The van der Waals surface area contributed by atoms with Gasteiger partial charge in [0.15, 0.2) is 6.10 Å². The van der Waals surface area contributed by atoms with Crippen molar-refractivity contribution in [3.8, 4) is 17.1 Å². The van der Waals surface area contributed by atoms with Gasteiger partial charge in [0.2, 0.25) is 11.7 Å². The SMILES string of the molecule is CC(Oc1ccc(F)cc1Br)C(=O)N1CCCC(c2nc(-c3cccc(F)c3)no2)C1. The molecule has 1 aliphatic rings. The van der Waals surface area contributed by atoms with Crippen LogP contribution in [0.15, 0.2) is 51.5 Å². The Morgan fingerprint density at radius 3 is 2.84 bits per heavy atom. The number of nitrogens with zero attached hydrogens (tertiary/aromatic N) is 3. The van der Waals surface area contributed by atoms with Crippen LogP contribution in [0.25, 0.3) is 11.4 Å². The summed E-state index contributed by atoms with van der Waals surface area (Å²) in [5.41, 5.74) is 0.533. The van der Waals surface area contributed by atoms with Gasteiger partial charge in [0.05, 0.1) is 10.4 Å². The lowest BCUT2D eigenvalue weighted by atomic mass is 9.97. The fraction of sp³-hybridized carbons (Fsp3) is 0.318. The molecule has 9 heteroatoms. The first kappa shape index (κ1) is 21.4. The lowest BCUT2D eigenvalue weighted by Crippen LogP contribution is -2.45. The lowest BCUT2D eigenvalue weighted by molar-refractivity contribution is -0.139. The quantitative estimate of drug-likeness (QED) is 0.504. The molecule has 2 heterocycles.